The minimum Gasteiger partial charge on any atom is -0.255 e. The molecule has 104 heavy (non-hydrogen) atoms. The third kappa shape index (κ3) is 11.9. The van der Waals surface area contributed by atoms with Gasteiger partial charge in [-0.2, -0.15) is 0 Å². The normalized spacial score (nSPS) is 11.5. The van der Waals surface area contributed by atoms with Crippen LogP contribution in [0.4, 0.5) is 0 Å². The Morgan fingerprint density at radius 2 is 0.423 bits per heavy atom. The largest absolute Gasteiger partial charge is 0.255 e. The smallest absolute Gasteiger partial charge is 0.0973 e. The molecule has 9 heterocycles. The average Bonchev–Trinajstić information content (AvgIpc) is 0.778. The number of fused-ring (bicyclic) bond motifs is 10. The van der Waals surface area contributed by atoms with Gasteiger partial charge in [0.25, 0.3) is 0 Å². The fourth-order valence-corrected chi connectivity index (χ4v) is 14.0. The highest BCUT2D eigenvalue weighted by molar-refractivity contribution is 6.06. The maximum absolute atomic E-state index is 5.18. The first-order chi connectivity index (χ1) is 51.4. The molecule has 0 fully saturated rings. The van der Waals surface area contributed by atoms with E-state index in [1.165, 1.54) is 0 Å². The highest BCUT2D eigenvalue weighted by atomic mass is 14.8. The summed E-state index contributed by atoms with van der Waals surface area (Å²) >= 11 is 0. The van der Waals surface area contributed by atoms with Crippen LogP contribution in [0.15, 0.2) is 358 Å². The monoisotopic (exact) mass is 1330 g/mol. The van der Waals surface area contributed by atoms with Gasteiger partial charge in [-0.25, -0.2) is 39.9 Å². The summed E-state index contributed by atoms with van der Waals surface area (Å²) in [6.45, 7) is 0. The summed E-state index contributed by atoms with van der Waals surface area (Å²) in [6, 6.07) is 122. The van der Waals surface area contributed by atoms with Crippen LogP contribution in [0.25, 0.3) is 200 Å². The van der Waals surface area contributed by atoms with Crippen molar-refractivity contribution in [2.24, 2.45) is 0 Å². The van der Waals surface area contributed by atoms with Gasteiger partial charge in [-0.3, -0.25) is 4.98 Å². The van der Waals surface area contributed by atoms with Crippen molar-refractivity contribution in [3.63, 3.8) is 0 Å². The third-order valence-electron chi connectivity index (χ3n) is 19.5. The maximum Gasteiger partial charge on any atom is 0.0973 e. The summed E-state index contributed by atoms with van der Waals surface area (Å²) in [6.07, 6.45) is 1.80. The van der Waals surface area contributed by atoms with Gasteiger partial charge in [0, 0.05) is 77.1 Å². The summed E-state index contributed by atoms with van der Waals surface area (Å²) < 4.78 is 0. The summed E-state index contributed by atoms with van der Waals surface area (Å²) in [5.74, 6) is 0. The molecule has 0 aliphatic rings. The van der Waals surface area contributed by atoms with Crippen molar-refractivity contribution in [2.75, 3.05) is 0 Å². The van der Waals surface area contributed by atoms with Crippen LogP contribution in [0.2, 0.25) is 0 Å². The van der Waals surface area contributed by atoms with Gasteiger partial charge in [-0.15, -0.1) is 0 Å². The van der Waals surface area contributed by atoms with Crippen LogP contribution in [0.3, 0.4) is 0 Å². The molecule has 20 aromatic rings. The van der Waals surface area contributed by atoms with Gasteiger partial charge in [-0.05, 0) is 130 Å². The third-order valence-corrected chi connectivity index (χ3v) is 19.5. The van der Waals surface area contributed by atoms with Crippen LogP contribution in [0, 0.1) is 0 Å². The second-order valence-electron chi connectivity index (χ2n) is 26.1. The number of hydrogen-bond acceptors (Lipinski definition) is 9. The fourth-order valence-electron chi connectivity index (χ4n) is 14.0. The second-order valence-corrected chi connectivity index (χ2v) is 26.1. The van der Waals surface area contributed by atoms with Gasteiger partial charge in [-0.1, -0.05) is 255 Å². The van der Waals surface area contributed by atoms with Crippen LogP contribution in [-0.4, -0.2) is 44.9 Å². The quantitative estimate of drug-likeness (QED) is 0.123. The standard InChI is InChI=1S/C48H30N4.C47H29N5/c1-3-8-31(9-4-1)41-23-18-33-14-17-37(30-46(33)50-41)36-21-26-44-40(28-36)22-27-43(49-44)38-12-7-13-39(29-38)45-25-20-35-16-15-34-19-24-42(32-10-5-2-6-11-32)51-47(34)48(35)52-45;1-2-6-32(7-3-1)39-23-21-35-15-16-36-22-26-43(52-47(36)46(35)51-39)42-25-20-34-14-18-38(29-45(34)50-42)31-11-9-30(10-12-31)37-17-13-33-19-24-41(49-44(33)28-37)40-8-4-5-27-48-40/h1-30H;1-29H. The van der Waals surface area contributed by atoms with E-state index in [4.69, 9.17) is 39.9 Å². The lowest BCUT2D eigenvalue weighted by atomic mass is 9.98. The minimum absolute atomic E-state index is 0.820. The number of benzene rings is 11. The summed E-state index contributed by atoms with van der Waals surface area (Å²) in [5.41, 5.74) is 27.6. The van der Waals surface area contributed by atoms with E-state index in [0.717, 1.165) is 200 Å². The molecule has 20 rings (SSSR count). The molecule has 0 saturated carbocycles. The van der Waals surface area contributed by atoms with E-state index >= 15 is 0 Å². The van der Waals surface area contributed by atoms with E-state index in [-0.39, 0.29) is 0 Å². The Morgan fingerprint density at radius 3 is 0.875 bits per heavy atom. The predicted octanol–water partition coefficient (Wildman–Crippen LogP) is 23.8. The molecular weight excluding hydrogens is 1270 g/mol. The zero-order chi connectivity index (χ0) is 68.9. The Bertz CT molecular complexity index is 6710. The van der Waals surface area contributed by atoms with Crippen LogP contribution >= 0.6 is 0 Å². The molecule has 11 aromatic carbocycles. The predicted molar refractivity (Wildman–Crippen MR) is 427 cm³/mol. The van der Waals surface area contributed by atoms with Crippen molar-refractivity contribution in [1.82, 2.24) is 44.9 Å². The zero-order valence-electron chi connectivity index (χ0n) is 56.1. The number of hydrogen-bond donors (Lipinski definition) is 0. The number of nitrogens with zero attached hydrogens (tertiary/aromatic N) is 9. The molecule has 0 aliphatic heterocycles. The van der Waals surface area contributed by atoms with Crippen LogP contribution in [0.5, 0.6) is 0 Å². The summed E-state index contributed by atoms with van der Waals surface area (Å²) in [5, 5.41) is 8.65. The fraction of sp³-hybridized carbons (Fsp3) is 0. The Balaban J connectivity index is 0.000000143. The van der Waals surface area contributed by atoms with Crippen molar-refractivity contribution in [2.45, 2.75) is 0 Å². The number of rotatable bonds is 10. The van der Waals surface area contributed by atoms with Crippen LogP contribution in [-0.2, 0) is 0 Å². The molecule has 484 valence electrons. The highest BCUT2D eigenvalue weighted by Gasteiger charge is 2.16. The lowest BCUT2D eigenvalue weighted by Crippen LogP contribution is -1.93. The SMILES string of the molecule is c1ccc(-c2ccc3ccc(-c4ccc5nc(-c6cccc(-c7ccc8ccc9ccc(-c%10ccccc%10)nc9c8n7)c6)ccc5c4)cc3n2)cc1.c1ccc(-c2ccc3ccc4ccc(-c5ccc6ccc(-c7ccc(-c8ccc9ccc(-c%10ccccn%10)nc9c8)cc7)cc6n5)nc4c3n2)cc1. The van der Waals surface area contributed by atoms with Gasteiger partial charge in [0.1, 0.15) is 0 Å². The number of pyridine rings is 9. The zero-order valence-corrected chi connectivity index (χ0v) is 56.1. The molecule has 0 bridgehead atoms. The van der Waals surface area contributed by atoms with Gasteiger partial charge < -0.3 is 0 Å². The minimum atomic E-state index is 0.820. The highest BCUT2D eigenvalue weighted by Crippen LogP contribution is 2.37. The molecule has 0 radical (unpaired) electrons. The molecule has 0 aliphatic carbocycles. The molecule has 0 atom stereocenters. The Hall–Kier alpha value is -14.2. The van der Waals surface area contributed by atoms with Gasteiger partial charge in [0.15, 0.2) is 0 Å². The van der Waals surface area contributed by atoms with Crippen molar-refractivity contribution in [3.8, 4) is 112 Å². The molecule has 0 amide bonds. The van der Waals surface area contributed by atoms with E-state index in [1.807, 2.05) is 84.9 Å². The Morgan fingerprint density at radius 1 is 0.135 bits per heavy atom. The van der Waals surface area contributed by atoms with Crippen LogP contribution < -0.4 is 0 Å². The van der Waals surface area contributed by atoms with Gasteiger partial charge >= 0.3 is 0 Å². The van der Waals surface area contributed by atoms with Gasteiger partial charge in [0.05, 0.1) is 95.4 Å². The van der Waals surface area contributed by atoms with Crippen LogP contribution in [0.1, 0.15) is 0 Å². The average molecular weight is 1330 g/mol. The molecule has 0 saturated heterocycles. The molecular formula is C95H59N9. The molecule has 0 N–H and O–H groups in total. The summed E-state index contributed by atoms with van der Waals surface area (Å²) in [4.78, 5) is 45.1. The first-order valence-corrected chi connectivity index (χ1v) is 34.8. The first-order valence-electron chi connectivity index (χ1n) is 34.8. The lowest BCUT2D eigenvalue weighted by molar-refractivity contribution is 1.28. The lowest BCUT2D eigenvalue weighted by Gasteiger charge is -2.10. The van der Waals surface area contributed by atoms with E-state index in [0.29, 0.717) is 0 Å². The maximum atomic E-state index is 5.18. The van der Waals surface area contributed by atoms with Gasteiger partial charge in [0.2, 0.25) is 0 Å². The number of aromatic nitrogens is 9. The van der Waals surface area contributed by atoms with E-state index in [2.05, 4.69) is 272 Å². The summed E-state index contributed by atoms with van der Waals surface area (Å²) in [7, 11) is 0. The van der Waals surface area contributed by atoms with Crippen molar-refractivity contribution >= 4 is 87.2 Å². The molecule has 0 unspecified atom stereocenters. The van der Waals surface area contributed by atoms with E-state index < -0.39 is 0 Å². The molecule has 0 spiro atoms. The molecule has 9 nitrogen and oxygen atoms in total. The van der Waals surface area contributed by atoms with E-state index in [1.54, 1.807) is 6.20 Å². The van der Waals surface area contributed by atoms with Crippen molar-refractivity contribution in [3.05, 3.63) is 358 Å². The molecule has 9 aromatic heterocycles. The van der Waals surface area contributed by atoms with Crippen molar-refractivity contribution < 1.29 is 0 Å². The Kier molecular flexibility index (Phi) is 15.3. The topological polar surface area (TPSA) is 116 Å². The van der Waals surface area contributed by atoms with Crippen molar-refractivity contribution in [1.29, 1.82) is 0 Å². The Labute approximate surface area is 598 Å². The first kappa shape index (κ1) is 61.0. The van der Waals surface area contributed by atoms with E-state index in [9.17, 15) is 0 Å². The second kappa shape index (κ2) is 26.2. The molecule has 9 heteroatoms.